The van der Waals surface area contributed by atoms with Crippen LogP contribution in [0.25, 0.3) is 10.9 Å². The van der Waals surface area contributed by atoms with Crippen LogP contribution in [0.15, 0.2) is 42.9 Å². The summed E-state index contributed by atoms with van der Waals surface area (Å²) in [5.41, 5.74) is 1.43. The first-order valence-electron chi connectivity index (χ1n) is 8.87. The number of carbonyl (C=O) groups excluding carboxylic acids is 1. The lowest BCUT2D eigenvalue weighted by Gasteiger charge is -2.20. The first kappa shape index (κ1) is 18.3. The van der Waals surface area contributed by atoms with Gasteiger partial charge in [0, 0.05) is 30.7 Å². The van der Waals surface area contributed by atoms with E-state index in [1.807, 2.05) is 23.1 Å². The van der Waals surface area contributed by atoms with Gasteiger partial charge in [0.25, 0.3) is 0 Å². The van der Waals surface area contributed by atoms with E-state index in [0.29, 0.717) is 25.2 Å². The van der Waals surface area contributed by atoms with E-state index in [0.717, 1.165) is 28.7 Å². The van der Waals surface area contributed by atoms with Crippen molar-refractivity contribution < 1.29 is 18.0 Å². The summed E-state index contributed by atoms with van der Waals surface area (Å²) in [4.78, 5) is 17.9. The van der Waals surface area contributed by atoms with Crippen molar-refractivity contribution in [3.05, 3.63) is 54.0 Å². The Morgan fingerprint density at radius 3 is 2.93 bits per heavy atom. The maximum Gasteiger partial charge on any atom is 0.417 e. The second-order valence-electron chi connectivity index (χ2n) is 6.90. The number of rotatable bonds is 4. The highest BCUT2D eigenvalue weighted by atomic mass is 19.4. The number of benzene rings is 1. The molecule has 1 saturated heterocycles. The molecule has 0 radical (unpaired) electrons. The highest BCUT2D eigenvalue weighted by Gasteiger charge is 2.32. The molecule has 2 N–H and O–H groups in total. The Morgan fingerprint density at radius 2 is 2.11 bits per heavy atom. The third kappa shape index (κ3) is 3.92. The number of alkyl halides is 3. The number of H-pyrrole nitrogens is 1. The van der Waals surface area contributed by atoms with Crippen LogP contribution >= 0.6 is 0 Å². The molecule has 1 atom stereocenters. The topological polar surface area (TPSA) is 73.9 Å². The second kappa shape index (κ2) is 7.14. The van der Waals surface area contributed by atoms with E-state index in [2.05, 4.69) is 20.5 Å². The molecule has 1 aliphatic rings. The third-order valence-electron chi connectivity index (χ3n) is 4.84. The summed E-state index contributed by atoms with van der Waals surface area (Å²) in [6.45, 7) is 1.02. The van der Waals surface area contributed by atoms with E-state index in [1.54, 1.807) is 6.20 Å². The van der Waals surface area contributed by atoms with Gasteiger partial charge in [-0.25, -0.2) is 0 Å². The van der Waals surface area contributed by atoms with Gasteiger partial charge < -0.3 is 10.2 Å². The number of pyridine rings is 1. The molecule has 2 aromatic heterocycles. The number of aromatic amines is 1. The number of hydrogen-bond donors (Lipinski definition) is 2. The van der Waals surface area contributed by atoms with E-state index in [-0.39, 0.29) is 18.4 Å². The molecular weight excluding hydrogens is 371 g/mol. The molecule has 0 saturated carbocycles. The molecular formula is C19H18F3N5O. The lowest BCUT2D eigenvalue weighted by molar-refractivity contribution is -0.137. The standard InChI is InChI=1S/C19H18F3N5O/c20-19(21,22)14-7-16(10-23-9-14)27-4-3-15(11-27)25-18(28)6-12-1-2-17-13(5-12)8-24-26-17/h1-2,5,7-10,15H,3-4,6,11H2,(H,24,26)(H,25,28)/t15-/m1/s1. The quantitative estimate of drug-likeness (QED) is 0.720. The number of nitrogens with zero attached hydrogens (tertiary/aromatic N) is 3. The number of amides is 1. The third-order valence-corrected chi connectivity index (χ3v) is 4.84. The molecule has 0 bridgehead atoms. The minimum atomic E-state index is -4.42. The van der Waals surface area contributed by atoms with Gasteiger partial charge in [-0.3, -0.25) is 14.9 Å². The van der Waals surface area contributed by atoms with E-state index in [1.165, 1.54) is 6.20 Å². The number of hydrogen-bond acceptors (Lipinski definition) is 4. The molecule has 1 fully saturated rings. The largest absolute Gasteiger partial charge is 0.417 e. The molecule has 3 aromatic rings. The van der Waals surface area contributed by atoms with E-state index < -0.39 is 11.7 Å². The van der Waals surface area contributed by atoms with Crippen molar-refractivity contribution in [1.82, 2.24) is 20.5 Å². The van der Waals surface area contributed by atoms with Crippen LogP contribution in [0.3, 0.4) is 0 Å². The average molecular weight is 389 g/mol. The Balaban J connectivity index is 1.36. The fraction of sp³-hybridized carbons (Fsp3) is 0.316. The summed E-state index contributed by atoms with van der Waals surface area (Å²) >= 11 is 0. The minimum absolute atomic E-state index is 0.111. The normalized spacial score (nSPS) is 17.2. The molecule has 3 heterocycles. The number of aromatic nitrogens is 3. The van der Waals surface area contributed by atoms with Gasteiger partial charge in [0.1, 0.15) is 0 Å². The number of halogens is 3. The van der Waals surface area contributed by atoms with Gasteiger partial charge in [0.2, 0.25) is 5.91 Å². The first-order valence-corrected chi connectivity index (χ1v) is 8.87. The smallest absolute Gasteiger partial charge is 0.368 e. The molecule has 146 valence electrons. The van der Waals surface area contributed by atoms with Crippen LogP contribution in [0.1, 0.15) is 17.5 Å². The Labute approximate surface area is 158 Å². The van der Waals surface area contributed by atoms with Crippen molar-refractivity contribution in [3.63, 3.8) is 0 Å². The predicted octanol–water partition coefficient (Wildman–Crippen LogP) is 2.91. The van der Waals surface area contributed by atoms with Crippen molar-refractivity contribution in [1.29, 1.82) is 0 Å². The Bertz CT molecular complexity index is 1000. The molecule has 1 aromatic carbocycles. The second-order valence-corrected chi connectivity index (χ2v) is 6.90. The molecule has 0 aliphatic carbocycles. The zero-order valence-electron chi connectivity index (χ0n) is 14.8. The van der Waals surface area contributed by atoms with E-state index >= 15 is 0 Å². The fourth-order valence-electron chi connectivity index (χ4n) is 3.43. The van der Waals surface area contributed by atoms with Gasteiger partial charge in [0.05, 0.1) is 35.6 Å². The molecule has 1 aliphatic heterocycles. The van der Waals surface area contributed by atoms with Crippen LogP contribution < -0.4 is 10.2 Å². The number of fused-ring (bicyclic) bond motifs is 1. The van der Waals surface area contributed by atoms with Gasteiger partial charge in [-0.15, -0.1) is 0 Å². The molecule has 28 heavy (non-hydrogen) atoms. The molecule has 4 rings (SSSR count). The SMILES string of the molecule is O=C(Cc1ccc2[nH]ncc2c1)N[C@@H]1CCN(c2cncc(C(F)(F)F)c2)C1. The van der Waals surface area contributed by atoms with Crippen molar-refractivity contribution in [2.24, 2.45) is 0 Å². The predicted molar refractivity (Wildman–Crippen MR) is 97.8 cm³/mol. The van der Waals surface area contributed by atoms with Crippen molar-refractivity contribution in [3.8, 4) is 0 Å². The van der Waals surface area contributed by atoms with Crippen LogP contribution in [-0.4, -0.2) is 40.2 Å². The van der Waals surface area contributed by atoms with Crippen LogP contribution in [0, 0.1) is 0 Å². The monoisotopic (exact) mass is 389 g/mol. The summed E-state index contributed by atoms with van der Waals surface area (Å²) in [5.74, 6) is -0.114. The highest BCUT2D eigenvalue weighted by Crippen LogP contribution is 2.31. The minimum Gasteiger partial charge on any atom is -0.368 e. The number of carbonyl (C=O) groups is 1. The Kier molecular flexibility index (Phi) is 4.66. The molecule has 0 spiro atoms. The van der Waals surface area contributed by atoms with Gasteiger partial charge in [0.15, 0.2) is 0 Å². The van der Waals surface area contributed by atoms with Gasteiger partial charge in [-0.1, -0.05) is 6.07 Å². The maximum atomic E-state index is 12.9. The van der Waals surface area contributed by atoms with Crippen molar-refractivity contribution in [2.75, 3.05) is 18.0 Å². The van der Waals surface area contributed by atoms with Gasteiger partial charge in [-0.2, -0.15) is 18.3 Å². The van der Waals surface area contributed by atoms with Crippen molar-refractivity contribution in [2.45, 2.75) is 25.1 Å². The summed E-state index contributed by atoms with van der Waals surface area (Å²) in [6, 6.07) is 6.64. The van der Waals surface area contributed by atoms with E-state index in [9.17, 15) is 18.0 Å². The summed E-state index contributed by atoms with van der Waals surface area (Å²) in [5, 5.41) is 10.7. The lowest BCUT2D eigenvalue weighted by Crippen LogP contribution is -2.38. The van der Waals surface area contributed by atoms with Crippen LogP contribution in [-0.2, 0) is 17.4 Å². The summed E-state index contributed by atoms with van der Waals surface area (Å²) in [6.07, 6.45) is 0.419. The summed E-state index contributed by atoms with van der Waals surface area (Å²) in [7, 11) is 0. The Hall–Kier alpha value is -3.10. The summed E-state index contributed by atoms with van der Waals surface area (Å²) < 4.78 is 38.6. The zero-order valence-corrected chi connectivity index (χ0v) is 14.8. The molecule has 1 amide bonds. The molecule has 6 nitrogen and oxygen atoms in total. The van der Waals surface area contributed by atoms with Crippen molar-refractivity contribution >= 4 is 22.5 Å². The number of nitrogens with one attached hydrogen (secondary N) is 2. The molecule has 0 unspecified atom stereocenters. The van der Waals surface area contributed by atoms with Crippen LogP contribution in [0.4, 0.5) is 18.9 Å². The van der Waals surface area contributed by atoms with Crippen LogP contribution in [0.2, 0.25) is 0 Å². The number of anilines is 1. The average Bonchev–Trinajstić information content (AvgIpc) is 3.30. The Morgan fingerprint density at radius 1 is 1.25 bits per heavy atom. The highest BCUT2D eigenvalue weighted by molar-refractivity contribution is 5.83. The lowest BCUT2D eigenvalue weighted by atomic mass is 10.1. The zero-order chi connectivity index (χ0) is 19.7. The maximum absolute atomic E-state index is 12.9. The fourth-order valence-corrected chi connectivity index (χ4v) is 3.43. The molecule has 9 heteroatoms. The van der Waals surface area contributed by atoms with E-state index in [4.69, 9.17) is 0 Å². The van der Waals surface area contributed by atoms with Gasteiger partial charge in [-0.05, 0) is 30.2 Å². The first-order chi connectivity index (χ1) is 13.4. The van der Waals surface area contributed by atoms with Crippen LogP contribution in [0.5, 0.6) is 0 Å². The van der Waals surface area contributed by atoms with Gasteiger partial charge >= 0.3 is 6.18 Å².